The highest BCUT2D eigenvalue weighted by Gasteiger charge is 2.72. The molecule has 0 amide bonds. The van der Waals surface area contributed by atoms with Crippen LogP contribution in [0.15, 0.2) is 12.2 Å². The van der Waals surface area contributed by atoms with Gasteiger partial charge in [0, 0.05) is 17.3 Å². The van der Waals surface area contributed by atoms with E-state index >= 15 is 0 Å². The first-order chi connectivity index (χ1) is 11.6. The summed E-state index contributed by atoms with van der Waals surface area (Å²) < 4.78 is 0. The summed E-state index contributed by atoms with van der Waals surface area (Å²) in [6, 6.07) is 0. The molecule has 4 aliphatic rings. The fourth-order valence-electron chi connectivity index (χ4n) is 7.65. The molecular weight excluding hydrogens is 320 g/mol. The highest BCUT2D eigenvalue weighted by molar-refractivity contribution is 5.75. The van der Waals surface area contributed by atoms with E-state index in [0.29, 0.717) is 25.7 Å². The standard InChI is InChI=1S/C20H30O5/c1-10-8-20-9-11(10)12(21)7-13(20)18(2)5-4-6-19(3,17(24)25)15(18)14(22)16(20)23/h11-16,21-23H,1,4-9H2,2-3H3,(H,24,25)/t11-,12+,13+,14+,15+,16+,18+,19-,20+/m1/s1. The number of carbonyl (C=O) groups is 1. The van der Waals surface area contributed by atoms with Crippen molar-refractivity contribution in [2.75, 3.05) is 0 Å². The first-order valence-electron chi connectivity index (χ1n) is 9.53. The molecule has 1 spiro atoms. The number of hydrogen-bond donors (Lipinski definition) is 4. The predicted octanol–water partition coefficient (Wildman–Crippen LogP) is 1.95. The highest BCUT2D eigenvalue weighted by Crippen LogP contribution is 2.72. The zero-order chi connectivity index (χ0) is 18.4. The third-order valence-corrected chi connectivity index (χ3v) is 8.66. The fraction of sp³-hybridized carbons (Fsp3) is 0.850. The Morgan fingerprint density at radius 1 is 1.20 bits per heavy atom. The van der Waals surface area contributed by atoms with E-state index in [0.717, 1.165) is 18.4 Å². The Bertz CT molecular complexity index is 632. The number of carboxylic acid groups (broad SMARTS) is 1. The van der Waals surface area contributed by atoms with Crippen LogP contribution >= 0.6 is 0 Å². The second-order valence-corrected chi connectivity index (χ2v) is 9.73. The van der Waals surface area contributed by atoms with Crippen LogP contribution in [0.25, 0.3) is 0 Å². The van der Waals surface area contributed by atoms with Crippen molar-refractivity contribution in [3.8, 4) is 0 Å². The second kappa shape index (κ2) is 5.08. The molecule has 9 atom stereocenters. The molecule has 25 heavy (non-hydrogen) atoms. The second-order valence-electron chi connectivity index (χ2n) is 9.73. The van der Waals surface area contributed by atoms with Gasteiger partial charge in [-0.3, -0.25) is 4.79 Å². The molecule has 0 heterocycles. The van der Waals surface area contributed by atoms with Crippen LogP contribution in [0.5, 0.6) is 0 Å². The summed E-state index contributed by atoms with van der Waals surface area (Å²) in [6.07, 6.45) is 1.51. The summed E-state index contributed by atoms with van der Waals surface area (Å²) >= 11 is 0. The van der Waals surface area contributed by atoms with E-state index in [9.17, 15) is 25.2 Å². The Morgan fingerprint density at radius 2 is 1.88 bits per heavy atom. The average Bonchev–Trinajstić information content (AvgIpc) is 2.83. The first kappa shape index (κ1) is 17.5. The first-order valence-corrected chi connectivity index (χ1v) is 9.53. The van der Waals surface area contributed by atoms with Crippen molar-refractivity contribution in [1.29, 1.82) is 0 Å². The number of rotatable bonds is 1. The van der Waals surface area contributed by atoms with Crippen LogP contribution in [0, 0.1) is 34.0 Å². The molecule has 4 rings (SSSR count). The maximum absolute atomic E-state index is 12.1. The number of aliphatic hydroxyl groups excluding tert-OH is 3. The Labute approximate surface area is 148 Å². The Morgan fingerprint density at radius 3 is 2.52 bits per heavy atom. The van der Waals surface area contributed by atoms with Gasteiger partial charge in [-0.05, 0) is 50.4 Å². The van der Waals surface area contributed by atoms with Crippen molar-refractivity contribution in [1.82, 2.24) is 0 Å². The van der Waals surface area contributed by atoms with Gasteiger partial charge in [-0.25, -0.2) is 0 Å². The smallest absolute Gasteiger partial charge is 0.309 e. The summed E-state index contributed by atoms with van der Waals surface area (Å²) in [4.78, 5) is 12.1. The summed E-state index contributed by atoms with van der Waals surface area (Å²) in [5.41, 5.74) is -0.949. The van der Waals surface area contributed by atoms with Gasteiger partial charge < -0.3 is 20.4 Å². The molecular formula is C20H30O5. The minimum atomic E-state index is -1.05. The molecule has 5 heteroatoms. The summed E-state index contributed by atoms with van der Waals surface area (Å²) in [5, 5.41) is 42.9. The molecule has 4 aliphatic carbocycles. The van der Waals surface area contributed by atoms with E-state index in [1.54, 1.807) is 6.92 Å². The minimum Gasteiger partial charge on any atom is -0.481 e. The number of aliphatic carboxylic acids is 1. The molecule has 4 N–H and O–H groups in total. The molecule has 0 aromatic rings. The molecule has 0 aromatic carbocycles. The predicted molar refractivity (Wildman–Crippen MR) is 91.6 cm³/mol. The van der Waals surface area contributed by atoms with E-state index in [2.05, 4.69) is 13.5 Å². The van der Waals surface area contributed by atoms with Crippen molar-refractivity contribution >= 4 is 5.97 Å². The van der Waals surface area contributed by atoms with E-state index in [-0.39, 0.29) is 11.8 Å². The highest BCUT2D eigenvalue weighted by atomic mass is 16.4. The van der Waals surface area contributed by atoms with Gasteiger partial charge in [0.05, 0.1) is 23.7 Å². The van der Waals surface area contributed by atoms with E-state index < -0.39 is 46.4 Å². The van der Waals surface area contributed by atoms with Gasteiger partial charge in [0.1, 0.15) is 0 Å². The molecule has 4 saturated carbocycles. The molecule has 0 unspecified atom stereocenters. The summed E-state index contributed by atoms with van der Waals surface area (Å²) in [6.45, 7) is 7.94. The molecule has 0 aromatic heterocycles. The van der Waals surface area contributed by atoms with Gasteiger partial charge >= 0.3 is 5.97 Å². The zero-order valence-electron chi connectivity index (χ0n) is 15.1. The number of fused-ring (bicyclic) bond motifs is 3. The topological polar surface area (TPSA) is 98.0 Å². The van der Waals surface area contributed by atoms with Crippen LogP contribution in [0.3, 0.4) is 0 Å². The van der Waals surface area contributed by atoms with Crippen molar-refractivity contribution < 1.29 is 25.2 Å². The van der Waals surface area contributed by atoms with E-state index in [1.165, 1.54) is 0 Å². The third kappa shape index (κ3) is 1.92. The number of aliphatic hydroxyl groups is 3. The third-order valence-electron chi connectivity index (χ3n) is 8.66. The maximum Gasteiger partial charge on any atom is 0.309 e. The molecule has 0 saturated heterocycles. The Kier molecular flexibility index (Phi) is 3.56. The molecule has 140 valence electrons. The van der Waals surface area contributed by atoms with Gasteiger partial charge in [-0.1, -0.05) is 25.5 Å². The maximum atomic E-state index is 12.1. The summed E-state index contributed by atoms with van der Waals surface area (Å²) in [7, 11) is 0. The monoisotopic (exact) mass is 350 g/mol. The normalized spacial score (nSPS) is 57.7. The van der Waals surface area contributed by atoms with Gasteiger partial charge in [-0.2, -0.15) is 0 Å². The zero-order valence-corrected chi connectivity index (χ0v) is 15.1. The Hall–Kier alpha value is -0.910. The van der Waals surface area contributed by atoms with Crippen LogP contribution < -0.4 is 0 Å². The van der Waals surface area contributed by atoms with Crippen molar-refractivity contribution in [3.05, 3.63) is 12.2 Å². The van der Waals surface area contributed by atoms with Crippen LogP contribution in [0.4, 0.5) is 0 Å². The lowest BCUT2D eigenvalue weighted by atomic mass is 9.39. The number of hydrogen-bond acceptors (Lipinski definition) is 4. The van der Waals surface area contributed by atoms with Crippen molar-refractivity contribution in [2.24, 2.45) is 34.0 Å². The lowest BCUT2D eigenvalue weighted by Gasteiger charge is -2.66. The van der Waals surface area contributed by atoms with E-state index in [4.69, 9.17) is 0 Å². The average molecular weight is 350 g/mol. The Balaban J connectivity index is 1.86. The number of carboxylic acids is 1. The van der Waals surface area contributed by atoms with Gasteiger partial charge in [0.15, 0.2) is 0 Å². The largest absolute Gasteiger partial charge is 0.481 e. The van der Waals surface area contributed by atoms with Gasteiger partial charge in [0.2, 0.25) is 0 Å². The van der Waals surface area contributed by atoms with Crippen LogP contribution in [0.1, 0.15) is 52.4 Å². The van der Waals surface area contributed by atoms with Crippen molar-refractivity contribution in [3.63, 3.8) is 0 Å². The lowest BCUT2D eigenvalue weighted by Crippen LogP contribution is -2.69. The fourth-order valence-corrected chi connectivity index (χ4v) is 7.65. The SMILES string of the molecule is C=C1C[C@]23C[C@H]1[C@@H](O)C[C@H]2[C@]1(C)CCC[C@@](C)(C(=O)O)[C@H]1[C@H](O)[C@@H]3O. The van der Waals surface area contributed by atoms with Gasteiger partial charge in [-0.15, -0.1) is 0 Å². The minimum absolute atomic E-state index is 0.00676. The van der Waals surface area contributed by atoms with Crippen LogP contribution in [-0.2, 0) is 4.79 Å². The molecule has 0 aliphatic heterocycles. The van der Waals surface area contributed by atoms with Crippen molar-refractivity contribution in [2.45, 2.75) is 70.7 Å². The van der Waals surface area contributed by atoms with Crippen LogP contribution in [0.2, 0.25) is 0 Å². The lowest BCUT2D eigenvalue weighted by molar-refractivity contribution is -0.260. The molecule has 2 bridgehead atoms. The van der Waals surface area contributed by atoms with Crippen LogP contribution in [-0.4, -0.2) is 44.7 Å². The quantitative estimate of drug-likeness (QED) is 0.542. The van der Waals surface area contributed by atoms with E-state index in [1.807, 2.05) is 0 Å². The molecule has 4 fully saturated rings. The molecule has 0 radical (unpaired) electrons. The van der Waals surface area contributed by atoms with Gasteiger partial charge in [0.25, 0.3) is 0 Å². The summed E-state index contributed by atoms with van der Waals surface area (Å²) in [5.74, 6) is -1.40. The molecule has 5 nitrogen and oxygen atoms in total.